The molecule has 0 aliphatic heterocycles. The van der Waals surface area contributed by atoms with E-state index in [0.29, 0.717) is 5.56 Å². The molecule has 3 rings (SSSR count). The van der Waals surface area contributed by atoms with Crippen molar-refractivity contribution in [1.29, 1.82) is 0 Å². The third-order valence-corrected chi connectivity index (χ3v) is 3.80. The summed E-state index contributed by atoms with van der Waals surface area (Å²) >= 11 is 0. The molecule has 1 amide bonds. The molecule has 25 heavy (non-hydrogen) atoms. The van der Waals surface area contributed by atoms with E-state index in [1.54, 1.807) is 30.5 Å². The Labute approximate surface area is 145 Å². The Morgan fingerprint density at radius 2 is 1.96 bits per heavy atom. The van der Waals surface area contributed by atoms with Crippen molar-refractivity contribution < 1.29 is 13.9 Å². The van der Waals surface area contributed by atoms with Gasteiger partial charge in [-0.1, -0.05) is 18.2 Å². The number of aromatic nitrogens is 2. The standard InChI is InChI=1S/C19H18FN3O2/c1-14(23-11-4-5-12-23)18(24)22-13-15-7-6-10-21-19(15)25-17-9-3-2-8-16(17)20/h2-12,14H,13H2,1H3,(H,22,24)/t14-/m0/s1. The second-order valence-electron chi connectivity index (χ2n) is 5.52. The number of carbonyl (C=O) groups excluding carboxylic acids is 1. The van der Waals surface area contributed by atoms with Crippen LogP contribution >= 0.6 is 0 Å². The molecular weight excluding hydrogens is 321 g/mol. The van der Waals surface area contributed by atoms with Crippen molar-refractivity contribution in [2.45, 2.75) is 19.5 Å². The van der Waals surface area contributed by atoms with Gasteiger partial charge in [0.05, 0.1) is 0 Å². The lowest BCUT2D eigenvalue weighted by Crippen LogP contribution is -2.30. The fraction of sp³-hybridized carbons (Fsp3) is 0.158. The average molecular weight is 339 g/mol. The van der Waals surface area contributed by atoms with E-state index in [2.05, 4.69) is 10.3 Å². The first kappa shape index (κ1) is 16.7. The van der Waals surface area contributed by atoms with Gasteiger partial charge >= 0.3 is 0 Å². The maximum Gasteiger partial charge on any atom is 0.243 e. The fourth-order valence-corrected chi connectivity index (χ4v) is 2.35. The Morgan fingerprint density at radius 3 is 2.72 bits per heavy atom. The van der Waals surface area contributed by atoms with E-state index in [0.717, 1.165) is 0 Å². The number of nitrogens with zero attached hydrogens (tertiary/aromatic N) is 2. The van der Waals surface area contributed by atoms with Gasteiger partial charge in [-0.25, -0.2) is 9.37 Å². The quantitative estimate of drug-likeness (QED) is 0.745. The molecule has 128 valence electrons. The minimum absolute atomic E-state index is 0.0921. The summed E-state index contributed by atoms with van der Waals surface area (Å²) in [6.45, 7) is 2.05. The third-order valence-electron chi connectivity index (χ3n) is 3.80. The van der Waals surface area contributed by atoms with Crippen LogP contribution in [0, 0.1) is 5.82 Å². The molecule has 0 saturated carbocycles. The smallest absolute Gasteiger partial charge is 0.243 e. The van der Waals surface area contributed by atoms with Crippen molar-refractivity contribution in [3.63, 3.8) is 0 Å². The summed E-state index contributed by atoms with van der Waals surface area (Å²) in [6.07, 6.45) is 5.23. The summed E-state index contributed by atoms with van der Waals surface area (Å²) in [5.41, 5.74) is 0.666. The predicted molar refractivity (Wildman–Crippen MR) is 91.7 cm³/mol. The zero-order valence-electron chi connectivity index (χ0n) is 13.7. The molecule has 0 spiro atoms. The van der Waals surface area contributed by atoms with Gasteiger partial charge in [-0.05, 0) is 37.3 Å². The summed E-state index contributed by atoms with van der Waals surface area (Å²) in [6, 6.07) is 13.0. The van der Waals surface area contributed by atoms with Crippen LogP contribution in [0.3, 0.4) is 0 Å². The van der Waals surface area contributed by atoms with Crippen LogP contribution in [0.25, 0.3) is 0 Å². The van der Waals surface area contributed by atoms with Crippen LogP contribution in [0.2, 0.25) is 0 Å². The summed E-state index contributed by atoms with van der Waals surface area (Å²) in [4.78, 5) is 16.4. The average Bonchev–Trinajstić information content (AvgIpc) is 3.16. The monoisotopic (exact) mass is 339 g/mol. The van der Waals surface area contributed by atoms with Gasteiger partial charge in [0.25, 0.3) is 0 Å². The molecule has 0 saturated heterocycles. The number of carbonyl (C=O) groups is 1. The number of pyridine rings is 1. The number of benzene rings is 1. The minimum Gasteiger partial charge on any atom is -0.436 e. The normalized spacial score (nSPS) is 11.8. The molecule has 0 radical (unpaired) electrons. The van der Waals surface area contributed by atoms with Crippen LogP contribution in [0.15, 0.2) is 67.1 Å². The van der Waals surface area contributed by atoms with Crippen molar-refractivity contribution in [2.75, 3.05) is 0 Å². The van der Waals surface area contributed by atoms with E-state index in [-0.39, 0.29) is 30.1 Å². The van der Waals surface area contributed by atoms with Gasteiger partial charge in [0.2, 0.25) is 11.8 Å². The number of nitrogens with one attached hydrogen (secondary N) is 1. The molecule has 1 N–H and O–H groups in total. The molecule has 2 aromatic heterocycles. The van der Waals surface area contributed by atoms with E-state index in [1.807, 2.05) is 36.0 Å². The number of amides is 1. The van der Waals surface area contributed by atoms with Crippen LogP contribution in [-0.4, -0.2) is 15.5 Å². The summed E-state index contributed by atoms with van der Waals surface area (Å²) in [5, 5.41) is 2.85. The first-order valence-corrected chi connectivity index (χ1v) is 7.91. The van der Waals surface area contributed by atoms with E-state index in [9.17, 15) is 9.18 Å². The lowest BCUT2D eigenvalue weighted by atomic mass is 10.2. The van der Waals surface area contributed by atoms with Gasteiger partial charge in [0, 0.05) is 30.7 Å². The first-order valence-electron chi connectivity index (χ1n) is 7.91. The Bertz CT molecular complexity index is 849. The molecule has 0 unspecified atom stereocenters. The van der Waals surface area contributed by atoms with E-state index < -0.39 is 5.82 Å². The number of hydrogen-bond donors (Lipinski definition) is 1. The van der Waals surface area contributed by atoms with Gasteiger partial charge in [-0.15, -0.1) is 0 Å². The molecule has 6 heteroatoms. The molecule has 1 aromatic carbocycles. The topological polar surface area (TPSA) is 56.1 Å². The van der Waals surface area contributed by atoms with Crippen LogP contribution in [0.1, 0.15) is 18.5 Å². The van der Waals surface area contributed by atoms with Gasteiger partial charge in [-0.3, -0.25) is 4.79 Å². The summed E-state index contributed by atoms with van der Waals surface area (Å²) in [7, 11) is 0. The molecule has 1 atom stereocenters. The minimum atomic E-state index is -0.468. The molecule has 3 aromatic rings. The van der Waals surface area contributed by atoms with E-state index in [1.165, 1.54) is 12.1 Å². The molecule has 0 fully saturated rings. The van der Waals surface area contributed by atoms with E-state index >= 15 is 0 Å². The van der Waals surface area contributed by atoms with Gasteiger partial charge in [-0.2, -0.15) is 0 Å². The zero-order chi connectivity index (χ0) is 17.6. The van der Waals surface area contributed by atoms with E-state index in [4.69, 9.17) is 4.74 Å². The molecular formula is C19H18FN3O2. The third kappa shape index (κ3) is 4.03. The van der Waals surface area contributed by atoms with Crippen LogP contribution < -0.4 is 10.1 Å². The first-order chi connectivity index (χ1) is 12.1. The predicted octanol–water partition coefficient (Wildman–Crippen LogP) is 3.69. The van der Waals surface area contributed by atoms with Crippen LogP contribution in [-0.2, 0) is 11.3 Å². The van der Waals surface area contributed by atoms with Crippen molar-refractivity contribution in [3.05, 3.63) is 78.5 Å². The van der Waals surface area contributed by atoms with Crippen molar-refractivity contribution >= 4 is 5.91 Å². The highest BCUT2D eigenvalue weighted by Crippen LogP contribution is 2.25. The van der Waals surface area contributed by atoms with Crippen LogP contribution in [0.4, 0.5) is 4.39 Å². The van der Waals surface area contributed by atoms with Crippen LogP contribution in [0.5, 0.6) is 11.6 Å². The molecule has 0 bridgehead atoms. The Hall–Kier alpha value is -3.15. The highest BCUT2D eigenvalue weighted by molar-refractivity contribution is 5.79. The molecule has 0 aliphatic carbocycles. The number of halogens is 1. The highest BCUT2D eigenvalue weighted by Gasteiger charge is 2.15. The second-order valence-corrected chi connectivity index (χ2v) is 5.52. The number of ether oxygens (including phenoxy) is 1. The lowest BCUT2D eigenvalue weighted by molar-refractivity contribution is -0.124. The fourth-order valence-electron chi connectivity index (χ4n) is 2.35. The Kier molecular flexibility index (Phi) is 5.09. The summed E-state index contributed by atoms with van der Waals surface area (Å²) in [5.74, 6) is -0.239. The number of para-hydroxylation sites is 1. The Balaban J connectivity index is 1.69. The van der Waals surface area contributed by atoms with Gasteiger partial charge in [0.15, 0.2) is 11.6 Å². The van der Waals surface area contributed by atoms with Gasteiger partial charge in [0.1, 0.15) is 6.04 Å². The molecule has 5 nitrogen and oxygen atoms in total. The summed E-state index contributed by atoms with van der Waals surface area (Å²) < 4.78 is 21.1. The van der Waals surface area contributed by atoms with Crippen molar-refractivity contribution in [3.8, 4) is 11.6 Å². The number of rotatable bonds is 6. The highest BCUT2D eigenvalue weighted by atomic mass is 19.1. The molecule has 0 aliphatic rings. The lowest BCUT2D eigenvalue weighted by Gasteiger charge is -2.15. The van der Waals surface area contributed by atoms with Gasteiger partial charge < -0.3 is 14.6 Å². The number of hydrogen-bond acceptors (Lipinski definition) is 3. The second kappa shape index (κ2) is 7.61. The zero-order valence-corrected chi connectivity index (χ0v) is 13.7. The van der Waals surface area contributed by atoms with Crippen molar-refractivity contribution in [2.24, 2.45) is 0 Å². The Morgan fingerprint density at radius 1 is 1.20 bits per heavy atom. The maximum atomic E-state index is 13.8. The SMILES string of the molecule is C[C@@H](C(=O)NCc1cccnc1Oc1ccccc1F)n1cccc1. The maximum absolute atomic E-state index is 13.8. The van der Waals surface area contributed by atoms with Crippen molar-refractivity contribution in [1.82, 2.24) is 14.9 Å². The largest absolute Gasteiger partial charge is 0.436 e. The molecule has 2 heterocycles.